The number of nitrogens with zero attached hydrogens (tertiary/aromatic N) is 2. The molecule has 1 amide bonds. The van der Waals surface area contributed by atoms with Gasteiger partial charge in [0.15, 0.2) is 0 Å². The fraction of sp³-hybridized carbons (Fsp3) is 0.455. The van der Waals surface area contributed by atoms with Gasteiger partial charge in [-0.2, -0.15) is 0 Å². The summed E-state index contributed by atoms with van der Waals surface area (Å²) >= 11 is 3.44. The highest BCUT2D eigenvalue weighted by molar-refractivity contribution is 9.10. The number of piperidine rings is 1. The molecule has 5 nitrogen and oxygen atoms in total. The second-order valence-corrected chi connectivity index (χ2v) is 5.12. The predicted octanol–water partition coefficient (Wildman–Crippen LogP) is 1.13. The number of rotatable bonds is 2. The molecular weight excluding hydrogens is 284 g/mol. The van der Waals surface area contributed by atoms with Crippen LogP contribution in [0.5, 0.6) is 0 Å². The standard InChI is InChI=1S/C11H15BrN4O/c12-9-4-8(13)5-15-11(9)16-3-1-2-7(6-16)10(14)17/h4-5,7H,1-3,6,13H2,(H2,14,17). The summed E-state index contributed by atoms with van der Waals surface area (Å²) in [5.74, 6) is 0.501. The fourth-order valence-electron chi connectivity index (χ4n) is 2.08. The summed E-state index contributed by atoms with van der Waals surface area (Å²) in [6, 6.07) is 1.82. The maximum absolute atomic E-state index is 11.2. The van der Waals surface area contributed by atoms with Gasteiger partial charge in [0.05, 0.1) is 22.3 Å². The minimum absolute atomic E-state index is 0.0880. The molecule has 0 bridgehead atoms. The molecule has 6 heteroatoms. The first-order valence-electron chi connectivity index (χ1n) is 5.53. The molecule has 1 aromatic rings. The lowest BCUT2D eigenvalue weighted by molar-refractivity contribution is -0.122. The predicted molar refractivity (Wildman–Crippen MR) is 70.5 cm³/mol. The van der Waals surface area contributed by atoms with Gasteiger partial charge in [-0.25, -0.2) is 4.98 Å². The van der Waals surface area contributed by atoms with E-state index in [1.54, 1.807) is 6.20 Å². The highest BCUT2D eigenvalue weighted by Gasteiger charge is 2.25. The molecule has 1 aromatic heterocycles. The van der Waals surface area contributed by atoms with Crippen molar-refractivity contribution in [2.24, 2.45) is 11.7 Å². The molecular formula is C11H15BrN4O. The summed E-state index contributed by atoms with van der Waals surface area (Å²) < 4.78 is 0.850. The van der Waals surface area contributed by atoms with Crippen LogP contribution in [-0.4, -0.2) is 24.0 Å². The number of halogens is 1. The number of anilines is 2. The van der Waals surface area contributed by atoms with E-state index in [0.29, 0.717) is 12.2 Å². The fourth-order valence-corrected chi connectivity index (χ4v) is 2.70. The molecule has 1 aliphatic rings. The van der Waals surface area contributed by atoms with Crippen molar-refractivity contribution in [3.05, 3.63) is 16.7 Å². The Bertz CT molecular complexity index is 437. The molecule has 1 atom stereocenters. The third kappa shape index (κ3) is 2.69. The highest BCUT2D eigenvalue weighted by atomic mass is 79.9. The van der Waals surface area contributed by atoms with Gasteiger partial charge >= 0.3 is 0 Å². The quantitative estimate of drug-likeness (QED) is 0.857. The monoisotopic (exact) mass is 298 g/mol. The Morgan fingerprint density at radius 1 is 1.59 bits per heavy atom. The van der Waals surface area contributed by atoms with Crippen LogP contribution in [0.25, 0.3) is 0 Å². The Morgan fingerprint density at radius 3 is 3.00 bits per heavy atom. The van der Waals surface area contributed by atoms with Crippen molar-refractivity contribution in [2.45, 2.75) is 12.8 Å². The number of aromatic nitrogens is 1. The number of nitrogen functional groups attached to an aromatic ring is 1. The second kappa shape index (κ2) is 4.91. The van der Waals surface area contributed by atoms with Gasteiger partial charge in [0.1, 0.15) is 5.82 Å². The zero-order valence-electron chi connectivity index (χ0n) is 9.40. The number of amides is 1. The maximum Gasteiger partial charge on any atom is 0.222 e. The molecule has 0 aromatic carbocycles. The average Bonchev–Trinajstić information content (AvgIpc) is 2.29. The van der Waals surface area contributed by atoms with Crippen LogP contribution in [-0.2, 0) is 4.79 Å². The number of hydrogen-bond acceptors (Lipinski definition) is 4. The Hall–Kier alpha value is -1.30. The SMILES string of the molecule is NC(=O)C1CCCN(c2ncc(N)cc2Br)C1. The number of carbonyl (C=O) groups is 1. The van der Waals surface area contributed by atoms with Gasteiger partial charge in [-0.15, -0.1) is 0 Å². The largest absolute Gasteiger partial charge is 0.397 e. The average molecular weight is 299 g/mol. The van der Waals surface area contributed by atoms with Crippen molar-refractivity contribution >= 4 is 33.3 Å². The number of pyridine rings is 1. The summed E-state index contributed by atoms with van der Waals surface area (Å²) in [4.78, 5) is 17.6. The van der Waals surface area contributed by atoms with Gasteiger partial charge in [0.2, 0.25) is 5.91 Å². The maximum atomic E-state index is 11.2. The lowest BCUT2D eigenvalue weighted by Gasteiger charge is -2.32. The van der Waals surface area contributed by atoms with Crippen molar-refractivity contribution in [1.29, 1.82) is 0 Å². The summed E-state index contributed by atoms with van der Waals surface area (Å²) in [6.45, 7) is 1.52. The smallest absolute Gasteiger partial charge is 0.222 e. The molecule has 17 heavy (non-hydrogen) atoms. The third-order valence-corrected chi connectivity index (χ3v) is 3.55. The van der Waals surface area contributed by atoms with Crippen LogP contribution in [0, 0.1) is 5.92 Å². The number of nitrogens with two attached hydrogens (primary N) is 2. The number of primary amides is 1. The Labute approximate surface area is 108 Å². The second-order valence-electron chi connectivity index (χ2n) is 4.26. The highest BCUT2D eigenvalue weighted by Crippen LogP contribution is 2.29. The molecule has 1 unspecified atom stereocenters. The molecule has 0 aliphatic carbocycles. The van der Waals surface area contributed by atoms with Crippen LogP contribution in [0.1, 0.15) is 12.8 Å². The number of carbonyl (C=O) groups excluding carboxylic acids is 1. The molecule has 2 heterocycles. The van der Waals surface area contributed by atoms with Crippen LogP contribution in [0.3, 0.4) is 0 Å². The van der Waals surface area contributed by atoms with Crippen molar-refractivity contribution in [3.8, 4) is 0 Å². The van der Waals surface area contributed by atoms with Gasteiger partial charge in [0.25, 0.3) is 0 Å². The van der Waals surface area contributed by atoms with Crippen LogP contribution >= 0.6 is 15.9 Å². The first-order chi connectivity index (χ1) is 8.08. The Balaban J connectivity index is 2.19. The van der Waals surface area contributed by atoms with E-state index in [9.17, 15) is 4.79 Å². The zero-order valence-corrected chi connectivity index (χ0v) is 11.0. The normalized spacial score (nSPS) is 20.3. The summed E-state index contributed by atoms with van der Waals surface area (Å²) in [5.41, 5.74) is 11.6. The lowest BCUT2D eigenvalue weighted by atomic mass is 9.97. The van der Waals surface area contributed by atoms with Crippen molar-refractivity contribution in [1.82, 2.24) is 4.98 Å². The van der Waals surface area contributed by atoms with E-state index in [0.717, 1.165) is 29.7 Å². The topological polar surface area (TPSA) is 85.2 Å². The summed E-state index contributed by atoms with van der Waals surface area (Å²) in [7, 11) is 0. The van der Waals surface area contributed by atoms with Crippen molar-refractivity contribution in [3.63, 3.8) is 0 Å². The van der Waals surface area contributed by atoms with Gasteiger partial charge in [-0.3, -0.25) is 4.79 Å². The molecule has 92 valence electrons. The minimum Gasteiger partial charge on any atom is -0.397 e. The van der Waals surface area contributed by atoms with E-state index in [-0.39, 0.29) is 11.8 Å². The van der Waals surface area contributed by atoms with Crippen LogP contribution < -0.4 is 16.4 Å². The van der Waals surface area contributed by atoms with Gasteiger partial charge in [-0.1, -0.05) is 0 Å². The lowest BCUT2D eigenvalue weighted by Crippen LogP contribution is -2.41. The molecule has 4 N–H and O–H groups in total. The summed E-state index contributed by atoms with van der Waals surface area (Å²) in [6.07, 6.45) is 3.43. The number of hydrogen-bond donors (Lipinski definition) is 2. The molecule has 1 aliphatic heterocycles. The van der Waals surface area contributed by atoms with E-state index >= 15 is 0 Å². The van der Waals surface area contributed by atoms with E-state index in [4.69, 9.17) is 11.5 Å². The summed E-state index contributed by atoms with van der Waals surface area (Å²) in [5, 5.41) is 0. The van der Waals surface area contributed by atoms with Crippen LogP contribution in [0.4, 0.5) is 11.5 Å². The molecule has 2 rings (SSSR count). The molecule has 1 saturated heterocycles. The minimum atomic E-state index is -0.235. The van der Waals surface area contributed by atoms with Crippen molar-refractivity contribution < 1.29 is 4.79 Å². The van der Waals surface area contributed by atoms with Gasteiger partial charge in [0, 0.05) is 13.1 Å². The Kier molecular flexibility index (Phi) is 3.51. The van der Waals surface area contributed by atoms with Crippen LogP contribution in [0.15, 0.2) is 16.7 Å². The Morgan fingerprint density at radius 2 is 2.35 bits per heavy atom. The first kappa shape index (κ1) is 12.2. The van der Waals surface area contributed by atoms with Gasteiger partial charge in [-0.05, 0) is 34.8 Å². The molecule has 0 saturated carbocycles. The first-order valence-corrected chi connectivity index (χ1v) is 6.32. The third-order valence-electron chi connectivity index (χ3n) is 2.97. The van der Waals surface area contributed by atoms with E-state index < -0.39 is 0 Å². The zero-order chi connectivity index (χ0) is 12.4. The van der Waals surface area contributed by atoms with E-state index in [2.05, 4.69) is 25.8 Å². The van der Waals surface area contributed by atoms with Crippen molar-refractivity contribution in [2.75, 3.05) is 23.7 Å². The van der Waals surface area contributed by atoms with Gasteiger partial charge < -0.3 is 16.4 Å². The van der Waals surface area contributed by atoms with E-state index in [1.807, 2.05) is 6.07 Å². The molecule has 0 radical (unpaired) electrons. The van der Waals surface area contributed by atoms with E-state index in [1.165, 1.54) is 0 Å². The molecule has 1 fully saturated rings. The molecule has 0 spiro atoms. The van der Waals surface area contributed by atoms with Crippen LogP contribution in [0.2, 0.25) is 0 Å².